The van der Waals surface area contributed by atoms with E-state index in [1.54, 1.807) is 0 Å². The van der Waals surface area contributed by atoms with Crippen LogP contribution in [0.3, 0.4) is 0 Å². The van der Waals surface area contributed by atoms with E-state index in [1.165, 1.54) is 0 Å². The Morgan fingerprint density at radius 2 is 2.22 bits per heavy atom. The molecule has 4 heteroatoms. The molecule has 0 atom stereocenters. The molecule has 0 amide bonds. The highest BCUT2D eigenvalue weighted by molar-refractivity contribution is 5.69. The topological polar surface area (TPSA) is 43.3 Å². The molecule has 0 bridgehead atoms. The average molecular weight is 252 g/mol. The minimum Gasteiger partial charge on any atom is -0.464 e. The fraction of sp³-hybridized carbons (Fsp3) is 0.643. The molecule has 0 unspecified atom stereocenters. The zero-order valence-corrected chi connectivity index (χ0v) is 11.4. The molecule has 0 aromatic carbocycles. The first-order valence-corrected chi connectivity index (χ1v) is 6.78. The maximum atomic E-state index is 11.6. The van der Waals surface area contributed by atoms with E-state index in [0.29, 0.717) is 13.2 Å². The minimum absolute atomic E-state index is 0.156. The van der Waals surface area contributed by atoms with Gasteiger partial charge in [-0.15, -0.1) is 0 Å². The van der Waals surface area contributed by atoms with Crippen molar-refractivity contribution in [1.82, 2.24) is 9.88 Å². The lowest BCUT2D eigenvalue weighted by Crippen LogP contribution is -2.20. The third-order valence-corrected chi connectivity index (χ3v) is 2.72. The number of hydrogen-bond acceptors (Lipinski definition) is 3. The molecule has 0 aliphatic carbocycles. The summed E-state index contributed by atoms with van der Waals surface area (Å²) in [5.41, 5.74) is 1.12. The molecule has 0 fully saturated rings. The molecular formula is C14H24N2O2. The number of hydrogen-bond donors (Lipinski definition) is 1. The lowest BCUT2D eigenvalue weighted by Gasteiger charge is -2.10. The lowest BCUT2D eigenvalue weighted by atomic mass is 10.4. The van der Waals surface area contributed by atoms with Crippen LogP contribution in [-0.4, -0.2) is 23.7 Å². The molecule has 1 heterocycles. The van der Waals surface area contributed by atoms with E-state index in [4.69, 9.17) is 4.74 Å². The summed E-state index contributed by atoms with van der Waals surface area (Å²) in [6.45, 7) is 6.84. The van der Waals surface area contributed by atoms with Gasteiger partial charge in [0.1, 0.15) is 6.54 Å². The summed E-state index contributed by atoms with van der Waals surface area (Å²) >= 11 is 0. The van der Waals surface area contributed by atoms with Crippen LogP contribution in [0.25, 0.3) is 0 Å². The molecule has 0 saturated heterocycles. The standard InChI is InChI=1S/C14H24N2O2/c1-3-5-10-18-14(17)12-16-9-6-7-13(16)11-15-8-4-2/h6-7,9,15H,3-5,8,10-12H2,1-2H3. The number of nitrogens with one attached hydrogen (secondary N) is 1. The summed E-state index contributed by atoms with van der Waals surface area (Å²) in [5.74, 6) is -0.156. The highest BCUT2D eigenvalue weighted by Gasteiger charge is 2.07. The van der Waals surface area contributed by atoms with E-state index in [0.717, 1.165) is 38.0 Å². The fourth-order valence-electron chi connectivity index (χ4n) is 1.67. The van der Waals surface area contributed by atoms with Gasteiger partial charge in [-0.05, 0) is 31.5 Å². The number of unbranched alkanes of at least 4 members (excludes halogenated alkanes) is 1. The van der Waals surface area contributed by atoms with Crippen LogP contribution in [0.1, 0.15) is 38.8 Å². The third-order valence-electron chi connectivity index (χ3n) is 2.72. The summed E-state index contributed by atoms with van der Waals surface area (Å²) in [4.78, 5) is 11.6. The van der Waals surface area contributed by atoms with Crippen LogP contribution in [0.4, 0.5) is 0 Å². The Morgan fingerprint density at radius 3 is 2.94 bits per heavy atom. The Labute approximate surface area is 109 Å². The quantitative estimate of drug-likeness (QED) is 0.542. The first kappa shape index (κ1) is 14.8. The second-order valence-electron chi connectivity index (χ2n) is 4.38. The molecule has 0 aliphatic rings. The summed E-state index contributed by atoms with van der Waals surface area (Å²) in [6.07, 6.45) is 5.01. The highest BCUT2D eigenvalue weighted by Crippen LogP contribution is 2.03. The van der Waals surface area contributed by atoms with Crippen LogP contribution in [-0.2, 0) is 22.6 Å². The molecule has 1 N–H and O–H groups in total. The van der Waals surface area contributed by atoms with E-state index in [9.17, 15) is 4.79 Å². The number of esters is 1. The molecule has 1 rings (SSSR count). The number of rotatable bonds is 9. The lowest BCUT2D eigenvalue weighted by molar-refractivity contribution is -0.144. The van der Waals surface area contributed by atoms with Crippen molar-refractivity contribution in [1.29, 1.82) is 0 Å². The molecule has 1 aromatic heterocycles. The number of carbonyl (C=O) groups is 1. The Morgan fingerprint density at radius 1 is 1.39 bits per heavy atom. The van der Waals surface area contributed by atoms with Crippen LogP contribution >= 0.6 is 0 Å². The van der Waals surface area contributed by atoms with Crippen molar-refractivity contribution in [2.75, 3.05) is 13.2 Å². The predicted octanol–water partition coefficient (Wildman–Crippen LogP) is 2.33. The smallest absolute Gasteiger partial charge is 0.325 e. The van der Waals surface area contributed by atoms with Gasteiger partial charge in [0, 0.05) is 18.4 Å². The Balaban J connectivity index is 2.36. The molecular weight excluding hydrogens is 228 g/mol. The van der Waals surface area contributed by atoms with Gasteiger partial charge in [0.25, 0.3) is 0 Å². The normalized spacial score (nSPS) is 10.6. The van der Waals surface area contributed by atoms with Crippen molar-refractivity contribution in [2.24, 2.45) is 0 Å². The monoisotopic (exact) mass is 252 g/mol. The molecule has 0 radical (unpaired) electrons. The van der Waals surface area contributed by atoms with Crippen molar-refractivity contribution in [3.63, 3.8) is 0 Å². The van der Waals surface area contributed by atoms with Crippen molar-refractivity contribution < 1.29 is 9.53 Å². The van der Waals surface area contributed by atoms with Gasteiger partial charge in [-0.25, -0.2) is 0 Å². The fourth-order valence-corrected chi connectivity index (χ4v) is 1.67. The summed E-state index contributed by atoms with van der Waals surface area (Å²) in [7, 11) is 0. The van der Waals surface area contributed by atoms with Crippen LogP contribution in [0.15, 0.2) is 18.3 Å². The first-order valence-electron chi connectivity index (χ1n) is 6.78. The van der Waals surface area contributed by atoms with E-state index in [1.807, 2.05) is 22.9 Å². The van der Waals surface area contributed by atoms with Gasteiger partial charge in [-0.3, -0.25) is 4.79 Å². The maximum absolute atomic E-state index is 11.6. The van der Waals surface area contributed by atoms with Gasteiger partial charge in [-0.2, -0.15) is 0 Å². The molecule has 18 heavy (non-hydrogen) atoms. The van der Waals surface area contributed by atoms with E-state index in [2.05, 4.69) is 19.2 Å². The van der Waals surface area contributed by atoms with Gasteiger partial charge in [0.2, 0.25) is 0 Å². The van der Waals surface area contributed by atoms with E-state index < -0.39 is 0 Å². The average Bonchev–Trinajstić information content (AvgIpc) is 2.77. The largest absolute Gasteiger partial charge is 0.464 e. The minimum atomic E-state index is -0.156. The van der Waals surface area contributed by atoms with Crippen molar-refractivity contribution in [2.45, 2.75) is 46.2 Å². The molecule has 0 saturated carbocycles. The first-order chi connectivity index (χ1) is 8.77. The van der Waals surface area contributed by atoms with Gasteiger partial charge < -0.3 is 14.6 Å². The number of aromatic nitrogens is 1. The summed E-state index contributed by atoms with van der Waals surface area (Å²) in [6, 6.07) is 3.99. The molecule has 0 spiro atoms. The van der Waals surface area contributed by atoms with Gasteiger partial charge in [0.15, 0.2) is 0 Å². The molecule has 1 aromatic rings. The second-order valence-corrected chi connectivity index (χ2v) is 4.38. The van der Waals surface area contributed by atoms with E-state index >= 15 is 0 Å². The number of carbonyl (C=O) groups excluding carboxylic acids is 1. The number of ether oxygens (including phenoxy) is 1. The molecule has 102 valence electrons. The molecule has 4 nitrogen and oxygen atoms in total. The zero-order chi connectivity index (χ0) is 13.2. The van der Waals surface area contributed by atoms with Gasteiger partial charge in [0.05, 0.1) is 6.61 Å². The Bertz CT molecular complexity index is 347. The second kappa shape index (κ2) is 8.75. The van der Waals surface area contributed by atoms with Gasteiger partial charge in [-0.1, -0.05) is 20.3 Å². The molecule has 0 aliphatic heterocycles. The van der Waals surface area contributed by atoms with Crippen LogP contribution in [0.2, 0.25) is 0 Å². The van der Waals surface area contributed by atoms with Crippen LogP contribution < -0.4 is 5.32 Å². The van der Waals surface area contributed by atoms with Crippen molar-refractivity contribution in [3.8, 4) is 0 Å². The maximum Gasteiger partial charge on any atom is 0.325 e. The number of nitrogens with zero attached hydrogens (tertiary/aromatic N) is 1. The van der Waals surface area contributed by atoms with Crippen LogP contribution in [0, 0.1) is 0 Å². The van der Waals surface area contributed by atoms with Crippen LogP contribution in [0.5, 0.6) is 0 Å². The summed E-state index contributed by atoms with van der Waals surface area (Å²) < 4.78 is 7.10. The SMILES string of the molecule is CCCCOC(=O)Cn1cccc1CNCCC. The zero-order valence-electron chi connectivity index (χ0n) is 11.4. The van der Waals surface area contributed by atoms with Gasteiger partial charge >= 0.3 is 5.97 Å². The summed E-state index contributed by atoms with van der Waals surface area (Å²) in [5, 5.41) is 3.33. The predicted molar refractivity (Wildman–Crippen MR) is 72.3 cm³/mol. The highest BCUT2D eigenvalue weighted by atomic mass is 16.5. The van der Waals surface area contributed by atoms with Crippen molar-refractivity contribution >= 4 is 5.97 Å². The Hall–Kier alpha value is -1.29. The third kappa shape index (κ3) is 5.36. The van der Waals surface area contributed by atoms with E-state index in [-0.39, 0.29) is 5.97 Å². The Kier molecular flexibility index (Phi) is 7.18. The van der Waals surface area contributed by atoms with Crippen molar-refractivity contribution in [3.05, 3.63) is 24.0 Å².